The van der Waals surface area contributed by atoms with E-state index >= 15 is 0 Å². The van der Waals surface area contributed by atoms with Crippen molar-refractivity contribution >= 4 is 5.91 Å². The van der Waals surface area contributed by atoms with Crippen molar-refractivity contribution in [2.24, 2.45) is 11.1 Å². The first-order valence-electron chi connectivity index (χ1n) is 6.19. The van der Waals surface area contributed by atoms with Crippen molar-refractivity contribution in [3.63, 3.8) is 0 Å². The Morgan fingerprint density at radius 1 is 1.53 bits per heavy atom. The third-order valence-corrected chi connectivity index (χ3v) is 3.71. The molecule has 0 aliphatic heterocycles. The second-order valence-corrected chi connectivity index (χ2v) is 5.04. The summed E-state index contributed by atoms with van der Waals surface area (Å²) < 4.78 is 5.12. The van der Waals surface area contributed by atoms with Gasteiger partial charge in [-0.25, -0.2) is 0 Å². The Balaban J connectivity index is 1.91. The van der Waals surface area contributed by atoms with E-state index in [-0.39, 0.29) is 11.3 Å². The van der Waals surface area contributed by atoms with Crippen LogP contribution < -0.4 is 11.1 Å². The Bertz CT molecular complexity index is 392. The largest absolute Gasteiger partial charge is 0.469 e. The number of furan rings is 1. The molecule has 3 N–H and O–H groups in total. The summed E-state index contributed by atoms with van der Waals surface area (Å²) in [5, 5.41) is 2.97. The summed E-state index contributed by atoms with van der Waals surface area (Å²) >= 11 is 0. The molecule has 0 saturated heterocycles. The smallest absolute Gasteiger partial charge is 0.254 e. The number of hydrogen-bond donors (Lipinski definition) is 2. The van der Waals surface area contributed by atoms with Crippen LogP contribution in [0.15, 0.2) is 16.7 Å². The van der Waals surface area contributed by atoms with E-state index in [9.17, 15) is 4.79 Å². The summed E-state index contributed by atoms with van der Waals surface area (Å²) in [5.74, 6) is 0.686. The highest BCUT2D eigenvalue weighted by Crippen LogP contribution is 2.36. The number of carbonyl (C=O) groups excluding carboxylic acids is 1. The zero-order valence-electron chi connectivity index (χ0n) is 10.3. The molecule has 1 aliphatic carbocycles. The lowest BCUT2D eigenvalue weighted by Crippen LogP contribution is -2.40. The number of carbonyl (C=O) groups is 1. The van der Waals surface area contributed by atoms with Crippen molar-refractivity contribution in [3.8, 4) is 0 Å². The summed E-state index contributed by atoms with van der Waals surface area (Å²) in [5.41, 5.74) is 6.54. The van der Waals surface area contributed by atoms with Gasteiger partial charge in [0, 0.05) is 6.54 Å². The molecule has 0 spiro atoms. The third-order valence-electron chi connectivity index (χ3n) is 3.71. The van der Waals surface area contributed by atoms with Gasteiger partial charge >= 0.3 is 0 Å². The van der Waals surface area contributed by atoms with Crippen molar-refractivity contribution in [2.75, 3.05) is 13.1 Å². The maximum absolute atomic E-state index is 11.9. The third kappa shape index (κ3) is 2.69. The van der Waals surface area contributed by atoms with Gasteiger partial charge in [-0.1, -0.05) is 12.8 Å². The second kappa shape index (κ2) is 4.92. The Morgan fingerprint density at radius 3 is 2.76 bits per heavy atom. The van der Waals surface area contributed by atoms with E-state index in [1.807, 2.05) is 6.92 Å². The predicted molar refractivity (Wildman–Crippen MR) is 65.7 cm³/mol. The van der Waals surface area contributed by atoms with Crippen molar-refractivity contribution in [1.82, 2.24) is 5.32 Å². The molecule has 2 rings (SSSR count). The SMILES string of the molecule is Cc1cc(C(=O)NCC2(CN)CCCC2)co1. The highest BCUT2D eigenvalue weighted by Gasteiger charge is 2.32. The topological polar surface area (TPSA) is 68.3 Å². The van der Waals surface area contributed by atoms with Crippen LogP contribution in [0.25, 0.3) is 0 Å². The Morgan fingerprint density at radius 2 is 2.24 bits per heavy atom. The summed E-state index contributed by atoms with van der Waals surface area (Å²) in [7, 11) is 0. The van der Waals surface area contributed by atoms with Gasteiger partial charge in [-0.05, 0) is 37.8 Å². The Kier molecular flexibility index (Phi) is 3.52. The van der Waals surface area contributed by atoms with Crippen molar-refractivity contribution < 1.29 is 9.21 Å². The first-order chi connectivity index (χ1) is 8.15. The number of rotatable bonds is 4. The molecule has 0 bridgehead atoms. The van der Waals surface area contributed by atoms with Gasteiger partial charge in [0.05, 0.1) is 5.56 Å². The molecule has 4 nitrogen and oxygen atoms in total. The molecule has 1 aromatic heterocycles. The van der Waals surface area contributed by atoms with Gasteiger partial charge in [-0.3, -0.25) is 4.79 Å². The van der Waals surface area contributed by atoms with Crippen LogP contribution >= 0.6 is 0 Å². The van der Waals surface area contributed by atoms with E-state index < -0.39 is 0 Å². The van der Waals surface area contributed by atoms with Crippen LogP contribution in [0.5, 0.6) is 0 Å². The molecule has 0 aromatic carbocycles. The lowest BCUT2D eigenvalue weighted by atomic mass is 9.86. The maximum Gasteiger partial charge on any atom is 0.254 e. The van der Waals surface area contributed by atoms with Crippen LogP contribution in [0.3, 0.4) is 0 Å². The fraction of sp³-hybridized carbons (Fsp3) is 0.615. The zero-order chi connectivity index (χ0) is 12.3. The molecule has 1 aliphatic rings. The highest BCUT2D eigenvalue weighted by molar-refractivity contribution is 5.93. The summed E-state index contributed by atoms with van der Waals surface area (Å²) in [6, 6.07) is 1.75. The standard InChI is InChI=1S/C13H20N2O2/c1-10-6-11(7-17-10)12(16)15-9-13(8-14)4-2-3-5-13/h6-7H,2-5,8-9,14H2,1H3,(H,15,16). The molecular formula is C13H20N2O2. The highest BCUT2D eigenvalue weighted by atomic mass is 16.3. The lowest BCUT2D eigenvalue weighted by Gasteiger charge is -2.27. The van der Waals surface area contributed by atoms with Crippen molar-refractivity contribution in [2.45, 2.75) is 32.6 Å². The molecule has 94 valence electrons. The van der Waals surface area contributed by atoms with Crippen LogP contribution in [0, 0.1) is 12.3 Å². The Hall–Kier alpha value is -1.29. The van der Waals surface area contributed by atoms with Crippen LogP contribution in [-0.4, -0.2) is 19.0 Å². The molecule has 0 unspecified atom stereocenters. The zero-order valence-corrected chi connectivity index (χ0v) is 10.3. The van der Waals surface area contributed by atoms with Gasteiger partial charge in [0.25, 0.3) is 5.91 Å². The van der Waals surface area contributed by atoms with Crippen LogP contribution in [0.2, 0.25) is 0 Å². The average Bonchev–Trinajstić information content (AvgIpc) is 2.95. The molecule has 17 heavy (non-hydrogen) atoms. The van der Waals surface area contributed by atoms with Gasteiger partial charge in [-0.2, -0.15) is 0 Å². The fourth-order valence-electron chi connectivity index (χ4n) is 2.51. The van der Waals surface area contributed by atoms with Gasteiger partial charge in [0.1, 0.15) is 12.0 Å². The second-order valence-electron chi connectivity index (χ2n) is 5.04. The predicted octanol–water partition coefficient (Wildman–Crippen LogP) is 1.84. The molecule has 1 saturated carbocycles. The van der Waals surface area contributed by atoms with Gasteiger partial charge < -0.3 is 15.5 Å². The first-order valence-corrected chi connectivity index (χ1v) is 6.19. The van der Waals surface area contributed by atoms with Crippen molar-refractivity contribution in [3.05, 3.63) is 23.7 Å². The van der Waals surface area contributed by atoms with Crippen molar-refractivity contribution in [1.29, 1.82) is 0 Å². The fourth-order valence-corrected chi connectivity index (χ4v) is 2.51. The van der Waals surface area contributed by atoms with E-state index in [2.05, 4.69) is 5.32 Å². The van der Waals surface area contributed by atoms with Crippen LogP contribution in [-0.2, 0) is 0 Å². The summed E-state index contributed by atoms with van der Waals surface area (Å²) in [4.78, 5) is 11.9. The van der Waals surface area contributed by atoms with Gasteiger partial charge in [0.2, 0.25) is 0 Å². The molecule has 1 heterocycles. The summed E-state index contributed by atoms with van der Waals surface area (Å²) in [6.07, 6.45) is 6.17. The number of nitrogens with two attached hydrogens (primary N) is 1. The molecule has 1 amide bonds. The van der Waals surface area contributed by atoms with E-state index in [1.165, 1.54) is 19.1 Å². The molecule has 0 atom stereocenters. The first kappa shape index (κ1) is 12.2. The Labute approximate surface area is 102 Å². The minimum atomic E-state index is -0.0680. The minimum Gasteiger partial charge on any atom is -0.469 e. The van der Waals surface area contributed by atoms with Crippen LogP contribution in [0.4, 0.5) is 0 Å². The van der Waals surface area contributed by atoms with Gasteiger partial charge in [0.15, 0.2) is 0 Å². The van der Waals surface area contributed by atoms with Gasteiger partial charge in [-0.15, -0.1) is 0 Å². The van der Waals surface area contributed by atoms with E-state index in [1.54, 1.807) is 6.07 Å². The maximum atomic E-state index is 11.9. The van der Waals surface area contributed by atoms with E-state index in [4.69, 9.17) is 10.2 Å². The molecule has 0 radical (unpaired) electrons. The number of nitrogens with one attached hydrogen (secondary N) is 1. The number of amides is 1. The molecule has 1 fully saturated rings. The molecule has 4 heteroatoms. The molecule has 1 aromatic rings. The minimum absolute atomic E-state index is 0.0680. The molecular weight excluding hydrogens is 216 g/mol. The van der Waals surface area contributed by atoms with E-state index in [0.717, 1.165) is 18.6 Å². The summed E-state index contributed by atoms with van der Waals surface area (Å²) in [6.45, 7) is 3.15. The monoisotopic (exact) mass is 236 g/mol. The number of hydrogen-bond acceptors (Lipinski definition) is 3. The quantitative estimate of drug-likeness (QED) is 0.838. The lowest BCUT2D eigenvalue weighted by molar-refractivity contribution is 0.0931. The normalized spacial score (nSPS) is 18.2. The number of aryl methyl sites for hydroxylation is 1. The van der Waals surface area contributed by atoms with E-state index in [0.29, 0.717) is 18.7 Å². The average molecular weight is 236 g/mol. The van der Waals surface area contributed by atoms with Crippen LogP contribution in [0.1, 0.15) is 41.8 Å².